The van der Waals surface area contributed by atoms with Gasteiger partial charge in [0.1, 0.15) is 5.82 Å². The molecule has 4 aromatic heterocycles. The Bertz CT molecular complexity index is 1310. The predicted octanol–water partition coefficient (Wildman–Crippen LogP) is 3.29. The van der Waals surface area contributed by atoms with E-state index in [-0.39, 0.29) is 12.2 Å². The summed E-state index contributed by atoms with van der Waals surface area (Å²) < 4.78 is 5.37. The van der Waals surface area contributed by atoms with E-state index < -0.39 is 0 Å². The first kappa shape index (κ1) is 20.0. The zero-order valence-electron chi connectivity index (χ0n) is 18.2. The lowest BCUT2D eigenvalue weighted by atomic mass is 9.73. The van der Waals surface area contributed by atoms with Crippen molar-refractivity contribution in [2.75, 3.05) is 31.1 Å². The molecule has 166 valence electrons. The summed E-state index contributed by atoms with van der Waals surface area (Å²) in [6, 6.07) is 7.60. The van der Waals surface area contributed by atoms with E-state index in [1.807, 2.05) is 18.2 Å². The minimum absolute atomic E-state index is 0.0292. The first-order chi connectivity index (χ1) is 16.2. The molecule has 0 radical (unpaired) electrons. The fourth-order valence-electron chi connectivity index (χ4n) is 4.74. The Balaban J connectivity index is 1.19. The maximum atomic E-state index is 13.1. The van der Waals surface area contributed by atoms with Crippen LogP contribution in [0.2, 0.25) is 0 Å². The summed E-state index contributed by atoms with van der Waals surface area (Å²) in [5.41, 5.74) is 3.46. The lowest BCUT2D eigenvalue weighted by Crippen LogP contribution is -2.58. The number of hydrogen-bond acceptors (Lipinski definition) is 8. The summed E-state index contributed by atoms with van der Waals surface area (Å²) in [5, 5.41) is 4.31. The highest BCUT2D eigenvalue weighted by Crippen LogP contribution is 2.36. The van der Waals surface area contributed by atoms with E-state index in [1.54, 1.807) is 30.9 Å². The van der Waals surface area contributed by atoms with Crippen molar-refractivity contribution in [1.29, 1.82) is 0 Å². The Kier molecular flexibility index (Phi) is 4.87. The number of piperidine rings is 1. The predicted molar refractivity (Wildman–Crippen MR) is 124 cm³/mol. The minimum Gasteiger partial charge on any atom is -0.443 e. The van der Waals surface area contributed by atoms with Gasteiger partial charge in [-0.2, -0.15) is 0 Å². The van der Waals surface area contributed by atoms with E-state index in [0.717, 1.165) is 48.5 Å². The summed E-state index contributed by atoms with van der Waals surface area (Å²) in [6.45, 7) is 4.22. The van der Waals surface area contributed by atoms with Crippen LogP contribution < -0.4 is 10.2 Å². The molecule has 6 heterocycles. The molecule has 0 atom stereocenters. The maximum absolute atomic E-state index is 13.1. The van der Waals surface area contributed by atoms with Crippen LogP contribution in [-0.4, -0.2) is 51.9 Å². The van der Waals surface area contributed by atoms with E-state index in [1.165, 1.54) is 19.2 Å². The molecule has 8 heteroatoms. The molecule has 1 spiro atoms. The molecule has 0 aromatic carbocycles. The fourth-order valence-corrected chi connectivity index (χ4v) is 4.74. The average molecular weight is 441 g/mol. The van der Waals surface area contributed by atoms with Crippen LogP contribution in [0.3, 0.4) is 0 Å². The number of carbonyl (C=O) groups excluding carboxylic acids is 1. The monoisotopic (exact) mass is 440 g/mol. The smallest absolute Gasteiger partial charge is 0.181 e. The summed E-state index contributed by atoms with van der Waals surface area (Å²) in [7, 11) is 0. The molecule has 8 nitrogen and oxygen atoms in total. The van der Waals surface area contributed by atoms with E-state index in [9.17, 15) is 4.79 Å². The molecule has 2 saturated heterocycles. The van der Waals surface area contributed by atoms with E-state index in [0.29, 0.717) is 22.4 Å². The molecule has 2 aliphatic rings. The average Bonchev–Trinajstić information content (AvgIpc) is 3.38. The van der Waals surface area contributed by atoms with Crippen molar-refractivity contribution in [3.63, 3.8) is 0 Å². The van der Waals surface area contributed by atoms with E-state index in [2.05, 4.69) is 30.2 Å². The standard InChI is InChI=1S/C25H24N6O2/c32-22(17-1-4-28-24(9-17)31-5-2-25(3-6-31)14-27-15-25)10-20-8-18-7-19(23-13-26-16-33-23)11-30-21(18)12-29-20/h1,4,7-9,11-13,16,27H,2-3,5-6,10,14-15H2. The van der Waals surface area contributed by atoms with Crippen LogP contribution in [0.4, 0.5) is 5.82 Å². The molecule has 0 saturated carbocycles. The lowest BCUT2D eigenvalue weighted by molar-refractivity contribution is 0.0991. The van der Waals surface area contributed by atoms with Crippen LogP contribution in [0.5, 0.6) is 0 Å². The molecular weight excluding hydrogens is 416 g/mol. The first-order valence-electron chi connectivity index (χ1n) is 11.3. The number of carbonyl (C=O) groups is 1. The Morgan fingerprint density at radius 1 is 1.06 bits per heavy atom. The number of nitrogens with one attached hydrogen (secondary N) is 1. The third kappa shape index (κ3) is 3.87. The number of Topliss-reactive ketones (excluding diaryl/α,β-unsaturated/α-hetero) is 1. The van der Waals surface area contributed by atoms with Crippen molar-refractivity contribution in [1.82, 2.24) is 25.3 Å². The number of fused-ring (bicyclic) bond motifs is 1. The number of anilines is 1. The number of rotatable bonds is 5. The van der Waals surface area contributed by atoms with Crippen molar-refractivity contribution in [2.24, 2.45) is 5.41 Å². The third-order valence-corrected chi connectivity index (χ3v) is 6.90. The van der Waals surface area contributed by atoms with Gasteiger partial charge < -0.3 is 14.6 Å². The summed E-state index contributed by atoms with van der Waals surface area (Å²) in [4.78, 5) is 32.8. The highest BCUT2D eigenvalue weighted by atomic mass is 16.3. The molecule has 6 rings (SSSR count). The van der Waals surface area contributed by atoms with Crippen LogP contribution in [0.25, 0.3) is 22.2 Å². The van der Waals surface area contributed by atoms with Crippen molar-refractivity contribution >= 4 is 22.5 Å². The van der Waals surface area contributed by atoms with Crippen molar-refractivity contribution in [3.05, 3.63) is 66.7 Å². The Labute approximate surface area is 191 Å². The van der Waals surface area contributed by atoms with Gasteiger partial charge in [-0.05, 0) is 42.5 Å². The number of pyridine rings is 3. The second kappa shape index (κ2) is 8.04. The summed E-state index contributed by atoms with van der Waals surface area (Å²) >= 11 is 0. The van der Waals surface area contributed by atoms with Gasteiger partial charge in [-0.25, -0.2) is 9.97 Å². The highest BCUT2D eigenvalue weighted by molar-refractivity contribution is 5.98. The van der Waals surface area contributed by atoms with Crippen LogP contribution in [0, 0.1) is 5.41 Å². The summed E-state index contributed by atoms with van der Waals surface area (Å²) in [5.74, 6) is 1.57. The molecule has 0 unspecified atom stereocenters. The van der Waals surface area contributed by atoms with Crippen molar-refractivity contribution in [2.45, 2.75) is 19.3 Å². The maximum Gasteiger partial charge on any atom is 0.181 e. The second-order valence-corrected chi connectivity index (χ2v) is 9.05. The Hall–Kier alpha value is -3.65. The van der Waals surface area contributed by atoms with Gasteiger partial charge in [-0.15, -0.1) is 0 Å². The van der Waals surface area contributed by atoms with Crippen LogP contribution in [-0.2, 0) is 6.42 Å². The van der Waals surface area contributed by atoms with Gasteiger partial charge in [-0.3, -0.25) is 14.8 Å². The first-order valence-corrected chi connectivity index (χ1v) is 11.3. The molecule has 2 aliphatic heterocycles. The zero-order valence-corrected chi connectivity index (χ0v) is 18.2. The molecule has 2 fully saturated rings. The lowest BCUT2D eigenvalue weighted by Gasteiger charge is -2.48. The van der Waals surface area contributed by atoms with Crippen LogP contribution in [0.15, 0.2) is 59.9 Å². The van der Waals surface area contributed by atoms with Crippen molar-refractivity contribution < 1.29 is 9.21 Å². The fraction of sp³-hybridized carbons (Fsp3) is 0.320. The normalized spacial score (nSPS) is 17.3. The number of hydrogen-bond donors (Lipinski definition) is 1. The number of oxazole rings is 1. The molecule has 33 heavy (non-hydrogen) atoms. The third-order valence-electron chi connectivity index (χ3n) is 6.90. The minimum atomic E-state index is 0.0292. The Morgan fingerprint density at radius 3 is 2.70 bits per heavy atom. The molecule has 0 aliphatic carbocycles. The quantitative estimate of drug-likeness (QED) is 0.472. The second-order valence-electron chi connectivity index (χ2n) is 9.05. The van der Waals surface area contributed by atoms with Crippen molar-refractivity contribution in [3.8, 4) is 11.3 Å². The van der Waals surface area contributed by atoms with Gasteiger partial charge >= 0.3 is 0 Å². The largest absolute Gasteiger partial charge is 0.443 e. The number of aromatic nitrogens is 4. The van der Waals surface area contributed by atoms with Gasteiger partial charge in [-0.1, -0.05) is 0 Å². The Morgan fingerprint density at radius 2 is 1.94 bits per heavy atom. The van der Waals surface area contributed by atoms with Gasteiger partial charge in [0.15, 0.2) is 17.9 Å². The zero-order chi connectivity index (χ0) is 22.3. The molecule has 0 amide bonds. The van der Waals surface area contributed by atoms with Gasteiger partial charge in [0, 0.05) is 60.8 Å². The summed E-state index contributed by atoms with van der Waals surface area (Å²) in [6.07, 6.45) is 10.8. The number of nitrogens with zero attached hydrogens (tertiary/aromatic N) is 5. The SMILES string of the molecule is O=C(Cc1cc2cc(-c3cnco3)cnc2cn1)c1ccnc(N2CCC3(CC2)CNC3)c1. The van der Waals surface area contributed by atoms with Gasteiger partial charge in [0.25, 0.3) is 0 Å². The molecule has 1 N–H and O–H groups in total. The van der Waals surface area contributed by atoms with E-state index >= 15 is 0 Å². The van der Waals surface area contributed by atoms with Gasteiger partial charge in [0.05, 0.1) is 24.3 Å². The molecule has 0 bridgehead atoms. The molecule has 4 aromatic rings. The van der Waals surface area contributed by atoms with Gasteiger partial charge in [0.2, 0.25) is 0 Å². The molecular formula is C25H24N6O2. The topological polar surface area (TPSA) is 97.0 Å². The number of ketones is 1. The van der Waals surface area contributed by atoms with Crippen LogP contribution >= 0.6 is 0 Å². The van der Waals surface area contributed by atoms with Crippen LogP contribution in [0.1, 0.15) is 28.9 Å². The highest BCUT2D eigenvalue weighted by Gasteiger charge is 2.39. The van der Waals surface area contributed by atoms with E-state index in [4.69, 9.17) is 4.42 Å².